The van der Waals surface area contributed by atoms with E-state index in [0.717, 1.165) is 12.1 Å². The zero-order valence-corrected chi connectivity index (χ0v) is 19.0. The van der Waals surface area contributed by atoms with Gasteiger partial charge in [-0.25, -0.2) is 4.98 Å². The summed E-state index contributed by atoms with van der Waals surface area (Å²) >= 11 is 0. The van der Waals surface area contributed by atoms with Crippen molar-refractivity contribution >= 4 is 28.2 Å². The van der Waals surface area contributed by atoms with Crippen LogP contribution in [0.3, 0.4) is 0 Å². The fraction of sp³-hybridized carbons (Fsp3) is 0.120. The van der Waals surface area contributed by atoms with Crippen molar-refractivity contribution in [2.24, 2.45) is 0 Å². The van der Waals surface area contributed by atoms with Crippen molar-refractivity contribution in [2.45, 2.75) is 0 Å². The highest BCUT2D eigenvalue weighted by atomic mass is 19.1. The Labute approximate surface area is 199 Å². The van der Waals surface area contributed by atoms with Crippen LogP contribution < -0.4 is 19.5 Å². The van der Waals surface area contributed by atoms with Gasteiger partial charge in [0.15, 0.2) is 11.5 Å². The number of ether oxygens (including phenoxy) is 3. The number of nitrogens with zero attached hydrogens (tertiary/aromatic N) is 2. The first kappa shape index (κ1) is 23.4. The van der Waals surface area contributed by atoms with E-state index in [-0.39, 0.29) is 11.3 Å². The van der Waals surface area contributed by atoms with Crippen LogP contribution in [0, 0.1) is 15.9 Å². The van der Waals surface area contributed by atoms with E-state index in [1.807, 2.05) is 0 Å². The van der Waals surface area contributed by atoms with E-state index < -0.39 is 22.3 Å². The molecule has 178 valence electrons. The number of halogens is 1. The van der Waals surface area contributed by atoms with Gasteiger partial charge in [-0.15, -0.1) is 0 Å². The zero-order chi connectivity index (χ0) is 25.1. The smallest absolute Gasteiger partial charge is 0.306 e. The highest BCUT2D eigenvalue weighted by Crippen LogP contribution is 2.41. The Kier molecular flexibility index (Phi) is 6.45. The molecule has 0 spiro atoms. The van der Waals surface area contributed by atoms with Crippen molar-refractivity contribution in [1.29, 1.82) is 0 Å². The lowest BCUT2D eigenvalue weighted by atomic mass is 10.0. The number of anilines is 1. The van der Waals surface area contributed by atoms with Gasteiger partial charge in [-0.2, -0.15) is 4.39 Å². The van der Waals surface area contributed by atoms with Crippen LogP contribution in [-0.4, -0.2) is 37.1 Å². The Morgan fingerprint density at radius 1 is 0.971 bits per heavy atom. The first-order valence-corrected chi connectivity index (χ1v) is 10.3. The number of rotatable bonds is 7. The lowest BCUT2D eigenvalue weighted by Crippen LogP contribution is -2.13. The standard InChI is InChI=1S/C25H20FN3O6/c1-33-22-10-14(11-23(34-2)24(22)35-3)20-13-17(16-6-4-5-7-19(16)28-20)25(30)27-15-8-9-18(26)21(12-15)29(31)32/h4-13H,1-3H3,(H,27,30). The Balaban J connectivity index is 1.83. The first-order chi connectivity index (χ1) is 16.9. The number of carbonyl (C=O) groups is 1. The first-order valence-electron chi connectivity index (χ1n) is 10.3. The third kappa shape index (κ3) is 4.54. The third-order valence-corrected chi connectivity index (χ3v) is 5.32. The minimum atomic E-state index is -0.993. The van der Waals surface area contributed by atoms with Gasteiger partial charge in [0.2, 0.25) is 11.6 Å². The Bertz CT molecular complexity index is 1430. The average molecular weight is 477 g/mol. The molecule has 0 atom stereocenters. The van der Waals surface area contributed by atoms with Gasteiger partial charge in [-0.3, -0.25) is 14.9 Å². The molecule has 0 aliphatic rings. The van der Waals surface area contributed by atoms with Gasteiger partial charge in [-0.1, -0.05) is 18.2 Å². The quantitative estimate of drug-likeness (QED) is 0.287. The summed E-state index contributed by atoms with van der Waals surface area (Å²) in [7, 11) is 4.49. The molecule has 1 aromatic heterocycles. The van der Waals surface area contributed by atoms with Gasteiger partial charge in [0.25, 0.3) is 5.91 Å². The fourth-order valence-electron chi connectivity index (χ4n) is 3.67. The number of nitrogens with one attached hydrogen (secondary N) is 1. The number of hydrogen-bond donors (Lipinski definition) is 1. The second kappa shape index (κ2) is 9.64. The molecule has 10 heteroatoms. The molecule has 3 aromatic carbocycles. The van der Waals surface area contributed by atoms with Crippen molar-refractivity contribution < 1.29 is 28.3 Å². The molecule has 4 aromatic rings. The molecule has 9 nitrogen and oxygen atoms in total. The van der Waals surface area contributed by atoms with Gasteiger partial charge in [0, 0.05) is 22.7 Å². The number of nitro benzene ring substituents is 1. The van der Waals surface area contributed by atoms with Crippen molar-refractivity contribution in [2.75, 3.05) is 26.6 Å². The second-order valence-electron chi connectivity index (χ2n) is 7.36. The number of amides is 1. The molecular formula is C25H20FN3O6. The minimum absolute atomic E-state index is 0.0818. The SMILES string of the molecule is COc1cc(-c2cc(C(=O)Nc3ccc(F)c([N+](=O)[O-])c3)c3ccccc3n2)cc(OC)c1OC. The summed E-state index contributed by atoms with van der Waals surface area (Å²) in [5.41, 5.74) is 1.23. The highest BCUT2D eigenvalue weighted by molar-refractivity contribution is 6.13. The number of aromatic nitrogens is 1. The number of benzene rings is 3. The Morgan fingerprint density at radius 2 is 1.66 bits per heavy atom. The molecule has 0 saturated heterocycles. The largest absolute Gasteiger partial charge is 0.493 e. The molecule has 0 fully saturated rings. The van der Waals surface area contributed by atoms with Crippen molar-refractivity contribution in [3.05, 3.63) is 82.2 Å². The molecule has 1 N–H and O–H groups in total. The molecule has 0 saturated carbocycles. The van der Waals surface area contributed by atoms with Crippen molar-refractivity contribution in [3.8, 4) is 28.5 Å². The van der Waals surface area contributed by atoms with E-state index in [2.05, 4.69) is 10.3 Å². The lowest BCUT2D eigenvalue weighted by molar-refractivity contribution is -0.387. The van der Waals surface area contributed by atoms with Crippen LogP contribution in [0.5, 0.6) is 17.2 Å². The number of methoxy groups -OCH3 is 3. The number of fused-ring (bicyclic) bond motifs is 1. The molecule has 1 amide bonds. The van der Waals surface area contributed by atoms with E-state index in [0.29, 0.717) is 39.4 Å². The van der Waals surface area contributed by atoms with Crippen LogP contribution in [0.4, 0.5) is 15.8 Å². The summed E-state index contributed by atoms with van der Waals surface area (Å²) in [6.07, 6.45) is 0. The van der Waals surface area contributed by atoms with E-state index >= 15 is 0 Å². The van der Waals surface area contributed by atoms with Crippen molar-refractivity contribution in [1.82, 2.24) is 4.98 Å². The van der Waals surface area contributed by atoms with Gasteiger partial charge in [-0.05, 0) is 36.4 Å². The summed E-state index contributed by atoms with van der Waals surface area (Å²) in [6.45, 7) is 0. The monoisotopic (exact) mass is 477 g/mol. The molecule has 4 rings (SSSR count). The molecule has 0 unspecified atom stereocenters. The van der Waals surface area contributed by atoms with Crippen LogP contribution in [-0.2, 0) is 0 Å². The molecule has 1 heterocycles. The Morgan fingerprint density at radius 3 is 2.29 bits per heavy atom. The zero-order valence-electron chi connectivity index (χ0n) is 19.0. The molecule has 0 aliphatic heterocycles. The molecule has 0 radical (unpaired) electrons. The van der Waals surface area contributed by atoms with Crippen LogP contribution in [0.25, 0.3) is 22.2 Å². The minimum Gasteiger partial charge on any atom is -0.493 e. The number of para-hydroxylation sites is 1. The van der Waals surface area contributed by atoms with E-state index in [4.69, 9.17) is 14.2 Å². The lowest BCUT2D eigenvalue weighted by Gasteiger charge is -2.15. The maximum Gasteiger partial charge on any atom is 0.306 e. The van der Waals surface area contributed by atoms with Crippen LogP contribution in [0.1, 0.15) is 10.4 Å². The van der Waals surface area contributed by atoms with Gasteiger partial charge >= 0.3 is 5.69 Å². The summed E-state index contributed by atoms with van der Waals surface area (Å²) in [4.78, 5) is 28.2. The van der Waals surface area contributed by atoms with Gasteiger partial charge in [0.1, 0.15) is 0 Å². The average Bonchev–Trinajstić information content (AvgIpc) is 2.87. The van der Waals surface area contributed by atoms with Crippen LogP contribution in [0.15, 0.2) is 60.7 Å². The van der Waals surface area contributed by atoms with Crippen LogP contribution >= 0.6 is 0 Å². The fourth-order valence-corrected chi connectivity index (χ4v) is 3.67. The molecular weight excluding hydrogens is 457 g/mol. The molecule has 35 heavy (non-hydrogen) atoms. The van der Waals surface area contributed by atoms with E-state index in [1.165, 1.54) is 27.4 Å². The molecule has 0 bridgehead atoms. The predicted octanol–water partition coefficient (Wildman–Crippen LogP) is 5.23. The summed E-state index contributed by atoms with van der Waals surface area (Å²) in [5, 5.41) is 14.2. The van der Waals surface area contributed by atoms with Gasteiger partial charge < -0.3 is 19.5 Å². The maximum absolute atomic E-state index is 13.7. The Hall–Kier alpha value is -4.73. The van der Waals surface area contributed by atoms with Crippen molar-refractivity contribution in [3.63, 3.8) is 0 Å². The van der Waals surface area contributed by atoms with Gasteiger partial charge in [0.05, 0.1) is 43.0 Å². The summed E-state index contributed by atoms with van der Waals surface area (Å²) in [5.74, 6) is -0.288. The number of hydrogen-bond acceptors (Lipinski definition) is 7. The maximum atomic E-state index is 13.7. The number of carbonyl (C=O) groups excluding carboxylic acids is 1. The summed E-state index contributed by atoms with van der Waals surface area (Å²) in [6, 6.07) is 15.2. The summed E-state index contributed by atoms with van der Waals surface area (Å²) < 4.78 is 29.9. The van der Waals surface area contributed by atoms with E-state index in [1.54, 1.807) is 42.5 Å². The second-order valence-corrected chi connectivity index (χ2v) is 7.36. The number of nitro groups is 1. The topological polar surface area (TPSA) is 113 Å². The highest BCUT2D eigenvalue weighted by Gasteiger charge is 2.20. The predicted molar refractivity (Wildman–Crippen MR) is 128 cm³/mol. The van der Waals surface area contributed by atoms with E-state index in [9.17, 15) is 19.3 Å². The normalized spacial score (nSPS) is 10.6. The molecule has 0 aliphatic carbocycles. The van der Waals surface area contributed by atoms with Crippen LogP contribution in [0.2, 0.25) is 0 Å². The third-order valence-electron chi connectivity index (χ3n) is 5.32. The number of pyridine rings is 1.